The number of nitrogen functional groups attached to an aromatic ring is 1. The molecule has 2 heterocycles. The number of nitrogens with two attached hydrogens (primary N) is 1. The normalized spacial score (nSPS) is 12.7. The van der Waals surface area contributed by atoms with Crippen molar-refractivity contribution in [1.82, 2.24) is 15.0 Å². The lowest BCUT2D eigenvalue weighted by molar-refractivity contribution is 0.281. The van der Waals surface area contributed by atoms with Crippen LogP contribution >= 0.6 is 12.6 Å². The number of aliphatic hydroxyl groups excluding tert-OH is 1. The van der Waals surface area contributed by atoms with E-state index in [1.807, 2.05) is 24.3 Å². The summed E-state index contributed by atoms with van der Waals surface area (Å²) in [5, 5.41) is 9.76. The minimum atomic E-state index is -0.330. The monoisotopic (exact) mass is 302 g/mol. The SMILES string of the molecule is Nc1nc2c(C(CO)c3cccc(S)c3)c[nH]c2c(=O)[nH]1. The van der Waals surface area contributed by atoms with Crippen LogP contribution < -0.4 is 11.3 Å². The molecule has 1 unspecified atom stereocenters. The molecule has 108 valence electrons. The molecule has 7 heteroatoms. The largest absolute Gasteiger partial charge is 0.395 e. The van der Waals surface area contributed by atoms with Gasteiger partial charge in [0.2, 0.25) is 5.95 Å². The highest BCUT2D eigenvalue weighted by atomic mass is 32.1. The predicted octanol–water partition coefficient (Wildman–Crippen LogP) is 1.25. The molecule has 21 heavy (non-hydrogen) atoms. The molecule has 1 atom stereocenters. The van der Waals surface area contributed by atoms with Crippen LogP contribution in [0.1, 0.15) is 17.0 Å². The Kier molecular flexibility index (Phi) is 3.44. The molecule has 3 rings (SSSR count). The van der Waals surface area contributed by atoms with Crippen molar-refractivity contribution in [2.75, 3.05) is 12.3 Å². The van der Waals surface area contributed by atoms with Crippen molar-refractivity contribution in [2.24, 2.45) is 0 Å². The zero-order valence-corrected chi connectivity index (χ0v) is 11.9. The predicted molar refractivity (Wildman–Crippen MR) is 83.7 cm³/mol. The number of nitrogens with zero attached hydrogens (tertiary/aromatic N) is 1. The van der Waals surface area contributed by atoms with Gasteiger partial charge in [-0.2, -0.15) is 0 Å². The van der Waals surface area contributed by atoms with E-state index < -0.39 is 0 Å². The fraction of sp³-hybridized carbons (Fsp3) is 0.143. The second kappa shape index (κ2) is 5.27. The molecule has 2 aromatic heterocycles. The van der Waals surface area contributed by atoms with Gasteiger partial charge in [-0.1, -0.05) is 12.1 Å². The lowest BCUT2D eigenvalue weighted by atomic mass is 9.93. The number of anilines is 1. The first-order valence-electron chi connectivity index (χ1n) is 6.36. The van der Waals surface area contributed by atoms with Crippen LogP contribution in [0.25, 0.3) is 11.0 Å². The summed E-state index contributed by atoms with van der Waals surface area (Å²) in [6.45, 7) is -0.113. The number of benzene rings is 1. The third-order valence-electron chi connectivity index (χ3n) is 3.41. The van der Waals surface area contributed by atoms with Crippen molar-refractivity contribution >= 4 is 29.6 Å². The highest BCUT2D eigenvalue weighted by molar-refractivity contribution is 7.80. The molecule has 0 fully saturated rings. The van der Waals surface area contributed by atoms with Gasteiger partial charge in [-0.15, -0.1) is 12.6 Å². The van der Waals surface area contributed by atoms with Crippen LogP contribution in [-0.2, 0) is 0 Å². The van der Waals surface area contributed by atoms with Gasteiger partial charge in [0.15, 0.2) is 0 Å². The summed E-state index contributed by atoms with van der Waals surface area (Å²) in [7, 11) is 0. The summed E-state index contributed by atoms with van der Waals surface area (Å²) >= 11 is 4.31. The number of rotatable bonds is 3. The number of hydrogen-bond acceptors (Lipinski definition) is 5. The minimum absolute atomic E-state index is 0.0491. The number of hydrogen-bond donors (Lipinski definition) is 5. The Morgan fingerprint density at radius 2 is 2.24 bits per heavy atom. The van der Waals surface area contributed by atoms with Crippen LogP contribution in [0.3, 0.4) is 0 Å². The van der Waals surface area contributed by atoms with E-state index in [0.29, 0.717) is 11.0 Å². The molecule has 6 nitrogen and oxygen atoms in total. The lowest BCUT2D eigenvalue weighted by Crippen LogP contribution is -2.12. The molecule has 0 bridgehead atoms. The number of aliphatic hydroxyl groups is 1. The average molecular weight is 302 g/mol. The maximum Gasteiger partial charge on any atom is 0.276 e. The van der Waals surface area contributed by atoms with Crippen LogP contribution in [0.2, 0.25) is 0 Å². The minimum Gasteiger partial charge on any atom is -0.395 e. The summed E-state index contributed by atoms with van der Waals surface area (Å²) in [6, 6.07) is 7.50. The van der Waals surface area contributed by atoms with Crippen molar-refractivity contribution in [1.29, 1.82) is 0 Å². The van der Waals surface area contributed by atoms with Gasteiger partial charge in [0, 0.05) is 22.6 Å². The van der Waals surface area contributed by atoms with E-state index in [1.54, 1.807) is 6.20 Å². The van der Waals surface area contributed by atoms with E-state index >= 15 is 0 Å². The molecule has 0 aliphatic rings. The summed E-state index contributed by atoms with van der Waals surface area (Å²) in [6.07, 6.45) is 1.68. The summed E-state index contributed by atoms with van der Waals surface area (Å²) in [5.41, 5.74) is 7.71. The van der Waals surface area contributed by atoms with E-state index in [-0.39, 0.29) is 24.0 Å². The maximum absolute atomic E-state index is 11.8. The zero-order valence-electron chi connectivity index (χ0n) is 11.0. The molecule has 3 aromatic rings. The summed E-state index contributed by atoms with van der Waals surface area (Å²) in [4.78, 5) is 22.1. The van der Waals surface area contributed by atoms with Gasteiger partial charge >= 0.3 is 0 Å². The summed E-state index contributed by atoms with van der Waals surface area (Å²) in [5.74, 6) is -0.257. The highest BCUT2D eigenvalue weighted by Gasteiger charge is 2.20. The van der Waals surface area contributed by atoms with Crippen LogP contribution in [-0.4, -0.2) is 26.7 Å². The van der Waals surface area contributed by atoms with Crippen molar-refractivity contribution < 1.29 is 5.11 Å². The fourth-order valence-corrected chi connectivity index (χ4v) is 2.68. The Labute approximate surface area is 125 Å². The van der Waals surface area contributed by atoms with Gasteiger partial charge in [0.25, 0.3) is 5.56 Å². The first kappa shape index (κ1) is 13.7. The first-order valence-corrected chi connectivity index (χ1v) is 6.81. The van der Waals surface area contributed by atoms with E-state index in [4.69, 9.17) is 5.73 Å². The Morgan fingerprint density at radius 3 is 2.95 bits per heavy atom. The lowest BCUT2D eigenvalue weighted by Gasteiger charge is -2.14. The number of fused-ring (bicyclic) bond motifs is 1. The molecule has 0 aliphatic heterocycles. The van der Waals surface area contributed by atoms with Gasteiger partial charge < -0.3 is 15.8 Å². The van der Waals surface area contributed by atoms with Crippen LogP contribution in [0.15, 0.2) is 40.2 Å². The van der Waals surface area contributed by atoms with Crippen molar-refractivity contribution in [3.63, 3.8) is 0 Å². The van der Waals surface area contributed by atoms with Gasteiger partial charge in [-0.05, 0) is 17.7 Å². The fourth-order valence-electron chi connectivity index (χ4n) is 2.44. The van der Waals surface area contributed by atoms with E-state index in [9.17, 15) is 9.90 Å². The molecule has 0 spiro atoms. The topological polar surface area (TPSA) is 108 Å². The summed E-state index contributed by atoms with van der Waals surface area (Å²) < 4.78 is 0. The van der Waals surface area contributed by atoms with Crippen LogP contribution in [0, 0.1) is 0 Å². The highest BCUT2D eigenvalue weighted by Crippen LogP contribution is 2.29. The van der Waals surface area contributed by atoms with Crippen molar-refractivity contribution in [2.45, 2.75) is 10.8 Å². The van der Waals surface area contributed by atoms with Crippen LogP contribution in [0.4, 0.5) is 5.95 Å². The van der Waals surface area contributed by atoms with Gasteiger partial charge in [-0.25, -0.2) is 4.98 Å². The number of aromatic amines is 2. The third kappa shape index (κ3) is 2.41. The Morgan fingerprint density at radius 1 is 1.43 bits per heavy atom. The molecule has 5 N–H and O–H groups in total. The average Bonchev–Trinajstić information content (AvgIpc) is 2.84. The Hall–Kier alpha value is -2.25. The van der Waals surface area contributed by atoms with Crippen molar-refractivity contribution in [3.05, 3.63) is 51.9 Å². The number of thiol groups is 1. The smallest absolute Gasteiger partial charge is 0.276 e. The van der Waals surface area contributed by atoms with Gasteiger partial charge in [0.05, 0.1) is 6.61 Å². The molecular weight excluding hydrogens is 288 g/mol. The number of aromatic nitrogens is 3. The number of H-pyrrole nitrogens is 2. The Bertz CT molecular complexity index is 856. The molecule has 0 aliphatic carbocycles. The molecule has 0 radical (unpaired) electrons. The maximum atomic E-state index is 11.8. The quantitative estimate of drug-likeness (QED) is 0.469. The molecular formula is C14H14N4O2S. The standard InChI is InChI=1S/C14H14N4O2S/c15-14-17-11-9(5-16-12(11)13(20)18-14)10(6-19)7-2-1-3-8(21)4-7/h1-5,10,16,19,21H,6H2,(H3,15,17,18,20). The van der Waals surface area contributed by atoms with E-state index in [0.717, 1.165) is 16.0 Å². The molecule has 0 saturated heterocycles. The number of nitrogens with one attached hydrogen (secondary N) is 2. The van der Waals surface area contributed by atoms with E-state index in [2.05, 4.69) is 27.6 Å². The second-order valence-electron chi connectivity index (χ2n) is 4.75. The van der Waals surface area contributed by atoms with Crippen molar-refractivity contribution in [3.8, 4) is 0 Å². The molecule has 0 saturated carbocycles. The third-order valence-corrected chi connectivity index (χ3v) is 3.69. The zero-order chi connectivity index (χ0) is 15.0. The first-order chi connectivity index (χ1) is 10.1. The Balaban J connectivity index is 2.20. The molecule has 0 amide bonds. The second-order valence-corrected chi connectivity index (χ2v) is 5.27. The van der Waals surface area contributed by atoms with E-state index in [1.165, 1.54) is 0 Å². The molecule has 1 aromatic carbocycles. The van der Waals surface area contributed by atoms with Gasteiger partial charge in [0.1, 0.15) is 11.0 Å². The van der Waals surface area contributed by atoms with Gasteiger partial charge in [-0.3, -0.25) is 9.78 Å². The van der Waals surface area contributed by atoms with Crippen LogP contribution in [0.5, 0.6) is 0 Å².